The molecule has 0 amide bonds. The monoisotopic (exact) mass is 176 g/mol. The molecule has 0 saturated carbocycles. The van der Waals surface area contributed by atoms with E-state index in [2.05, 4.69) is 0 Å². The first-order valence-corrected chi connectivity index (χ1v) is 1.72. The molecule has 0 aliphatic rings. The van der Waals surface area contributed by atoms with Gasteiger partial charge in [-0.2, -0.15) is 5.26 Å². The topological polar surface area (TPSA) is 23.8 Å². The molecule has 1 radical (unpaired) electrons. The Balaban J connectivity index is -0.0000000105. The van der Waals surface area contributed by atoms with Crippen molar-refractivity contribution >= 4 is 0 Å². The molecule has 1 nitrogen and oxygen atoms in total. The molecule has 0 bridgehead atoms. The van der Waals surface area contributed by atoms with Crippen molar-refractivity contribution in [2.75, 3.05) is 0 Å². The Morgan fingerprint density at radius 1 is 1.29 bits per heavy atom. The summed E-state index contributed by atoms with van der Waals surface area (Å²) in [5, 5.41) is 7.32. The van der Waals surface area contributed by atoms with Crippen LogP contribution in [0.5, 0.6) is 0 Å². The molecular weight excluding hydrogens is 163 g/mol. The van der Waals surface area contributed by atoms with Gasteiger partial charge in [-0.15, -0.1) is 0 Å². The Morgan fingerprint density at radius 2 is 1.29 bits per heavy atom. The number of nitrogens with zero attached hydrogens (tertiary/aromatic N) is 1. The smallest absolute Gasteiger partial charge is 0.0587 e. The molecule has 41 valence electrons. The first kappa shape index (κ1) is 25.6. The van der Waals surface area contributed by atoms with Crippen molar-refractivity contribution in [3.8, 4) is 6.07 Å². The second-order valence-electron chi connectivity index (χ2n) is 0.224. The summed E-state index contributed by atoms with van der Waals surface area (Å²) in [4.78, 5) is 0. The van der Waals surface area contributed by atoms with Crippen molar-refractivity contribution in [1.29, 1.82) is 5.26 Å². The number of nitriles is 1. The van der Waals surface area contributed by atoms with E-state index >= 15 is 0 Å². The van der Waals surface area contributed by atoms with E-state index in [9.17, 15) is 0 Å². The van der Waals surface area contributed by atoms with Crippen LogP contribution >= 0.6 is 0 Å². The Labute approximate surface area is 72.0 Å². The predicted molar refractivity (Wildman–Crippen MR) is 29.4 cm³/mol. The Hall–Kier alpha value is 0.594. The molecular formula is C5H13NY. The van der Waals surface area contributed by atoms with E-state index in [1.54, 1.807) is 6.07 Å². The molecule has 0 aliphatic heterocycles. The summed E-state index contributed by atoms with van der Waals surface area (Å²) in [7, 11) is 0. The van der Waals surface area contributed by atoms with Crippen LogP contribution < -0.4 is 0 Å². The molecule has 0 aliphatic carbocycles. The van der Waals surface area contributed by atoms with Crippen LogP contribution in [0.1, 0.15) is 28.2 Å². The van der Waals surface area contributed by atoms with Gasteiger partial charge in [0.2, 0.25) is 0 Å². The minimum atomic E-state index is 0. The summed E-state index contributed by atoms with van der Waals surface area (Å²) in [5.41, 5.74) is 0. The third-order valence-electron chi connectivity index (χ3n) is 0. The van der Waals surface area contributed by atoms with Gasteiger partial charge in [-0.05, 0) is 0 Å². The number of rotatable bonds is 0. The van der Waals surface area contributed by atoms with Gasteiger partial charge in [0.15, 0.2) is 0 Å². The minimum absolute atomic E-state index is 0. The van der Waals surface area contributed by atoms with Crippen LogP contribution in [0, 0.1) is 11.3 Å². The van der Waals surface area contributed by atoms with Gasteiger partial charge in [0, 0.05) is 39.6 Å². The zero-order valence-corrected chi connectivity index (χ0v) is 7.36. The summed E-state index contributed by atoms with van der Waals surface area (Å²) in [5.74, 6) is 0. The molecule has 0 rings (SSSR count). The largest absolute Gasteiger partial charge is 0.199 e. The van der Waals surface area contributed by atoms with Crippen molar-refractivity contribution in [3.63, 3.8) is 0 Å². The van der Waals surface area contributed by atoms with Crippen LogP contribution in [0.4, 0.5) is 0 Å². The average molecular weight is 176 g/mol. The van der Waals surface area contributed by atoms with Crippen LogP contribution in [-0.2, 0) is 32.7 Å². The summed E-state index contributed by atoms with van der Waals surface area (Å²) in [6.07, 6.45) is 0. The van der Waals surface area contributed by atoms with Gasteiger partial charge in [-0.3, -0.25) is 0 Å². The molecule has 0 aromatic rings. The van der Waals surface area contributed by atoms with Gasteiger partial charge < -0.3 is 0 Å². The van der Waals surface area contributed by atoms with E-state index in [-0.39, 0.29) is 40.1 Å². The fourth-order valence-corrected chi connectivity index (χ4v) is 0. The second kappa shape index (κ2) is 81.2. The minimum Gasteiger partial charge on any atom is -0.199 e. The predicted octanol–water partition coefficient (Wildman–Crippen LogP) is 2.19. The first-order chi connectivity index (χ1) is 2.41. The van der Waals surface area contributed by atoms with Gasteiger partial charge in [0.05, 0.1) is 6.07 Å². The molecule has 0 aromatic carbocycles. The maximum atomic E-state index is 7.32. The van der Waals surface area contributed by atoms with Gasteiger partial charge in [-0.1, -0.05) is 21.3 Å². The summed E-state index contributed by atoms with van der Waals surface area (Å²) in [6.45, 7) is 5.43. The Morgan fingerprint density at radius 3 is 1.29 bits per heavy atom. The van der Waals surface area contributed by atoms with Crippen LogP contribution in [0.25, 0.3) is 0 Å². The van der Waals surface area contributed by atoms with E-state index in [1.165, 1.54) is 6.92 Å². The van der Waals surface area contributed by atoms with Crippen molar-refractivity contribution in [2.24, 2.45) is 0 Å². The molecule has 2 heteroatoms. The molecule has 0 spiro atoms. The van der Waals surface area contributed by atoms with E-state index in [0.717, 1.165) is 0 Å². The summed E-state index contributed by atoms with van der Waals surface area (Å²) in [6, 6.07) is 1.75. The van der Waals surface area contributed by atoms with Gasteiger partial charge >= 0.3 is 0 Å². The zero-order valence-electron chi connectivity index (χ0n) is 4.52. The zero-order chi connectivity index (χ0) is 4.71. The van der Waals surface area contributed by atoms with Crippen molar-refractivity contribution in [2.45, 2.75) is 28.2 Å². The SMILES string of the molecule is C.CC.CC#N.[Y]. The first-order valence-electron chi connectivity index (χ1n) is 1.72. The van der Waals surface area contributed by atoms with Crippen molar-refractivity contribution in [1.82, 2.24) is 0 Å². The fourth-order valence-electron chi connectivity index (χ4n) is 0. The number of hydrogen-bond donors (Lipinski definition) is 0. The summed E-state index contributed by atoms with van der Waals surface area (Å²) < 4.78 is 0. The van der Waals surface area contributed by atoms with E-state index in [0.29, 0.717) is 0 Å². The van der Waals surface area contributed by atoms with E-state index < -0.39 is 0 Å². The fraction of sp³-hybridized carbons (Fsp3) is 0.800. The molecule has 0 saturated heterocycles. The normalized spacial score (nSPS) is 2.00. The Bertz CT molecular complexity index is 29.6. The molecule has 7 heavy (non-hydrogen) atoms. The van der Waals surface area contributed by atoms with Gasteiger partial charge in [0.1, 0.15) is 0 Å². The maximum Gasteiger partial charge on any atom is 0.0587 e. The quantitative estimate of drug-likeness (QED) is 0.554. The van der Waals surface area contributed by atoms with Crippen LogP contribution in [0.2, 0.25) is 0 Å². The molecule has 0 fully saturated rings. The third-order valence-corrected chi connectivity index (χ3v) is 0. The molecule has 0 unspecified atom stereocenters. The maximum absolute atomic E-state index is 7.32. The number of hydrogen-bond acceptors (Lipinski definition) is 1. The molecule has 0 aromatic heterocycles. The van der Waals surface area contributed by atoms with Crippen molar-refractivity contribution < 1.29 is 32.7 Å². The van der Waals surface area contributed by atoms with Crippen LogP contribution in [0.15, 0.2) is 0 Å². The van der Waals surface area contributed by atoms with Crippen molar-refractivity contribution in [3.05, 3.63) is 0 Å². The van der Waals surface area contributed by atoms with Crippen LogP contribution in [0.3, 0.4) is 0 Å². The summed E-state index contributed by atoms with van der Waals surface area (Å²) >= 11 is 0. The Kier molecular flexibility index (Phi) is 297. The van der Waals surface area contributed by atoms with E-state index in [1.807, 2.05) is 13.8 Å². The van der Waals surface area contributed by atoms with Gasteiger partial charge in [-0.25, -0.2) is 0 Å². The average Bonchev–Trinajstić information content (AvgIpc) is 1.46. The molecule has 0 N–H and O–H groups in total. The standard InChI is InChI=1S/C2H3N.C2H6.CH4.Y/c1-2-3;1-2;;/h1H3;1-2H3;1H4;. The van der Waals surface area contributed by atoms with Gasteiger partial charge in [0.25, 0.3) is 0 Å². The molecule has 0 atom stereocenters. The van der Waals surface area contributed by atoms with Crippen LogP contribution in [-0.4, -0.2) is 0 Å². The third kappa shape index (κ3) is 395. The molecule has 0 heterocycles. The van der Waals surface area contributed by atoms with E-state index in [4.69, 9.17) is 5.26 Å². The second-order valence-corrected chi connectivity index (χ2v) is 0.224.